The van der Waals surface area contributed by atoms with Gasteiger partial charge in [0.05, 0.1) is 19.1 Å². The van der Waals surface area contributed by atoms with Crippen LogP contribution in [-0.4, -0.2) is 57.1 Å². The molecule has 0 unspecified atom stereocenters. The zero-order valence-electron chi connectivity index (χ0n) is 21.7. The molecule has 198 valence electrons. The molecular weight excluding hydrogens is 546 g/mol. The van der Waals surface area contributed by atoms with Crippen LogP contribution in [0, 0.1) is 6.92 Å². The number of rotatable bonds is 12. The van der Waals surface area contributed by atoms with Gasteiger partial charge in [0, 0.05) is 17.1 Å². The summed E-state index contributed by atoms with van der Waals surface area (Å²) < 4.78 is 32.7. The molecule has 8 nitrogen and oxygen atoms in total. The summed E-state index contributed by atoms with van der Waals surface area (Å²) >= 11 is 3.42. The van der Waals surface area contributed by atoms with Crippen LogP contribution in [0.5, 0.6) is 5.75 Å². The zero-order chi connectivity index (χ0) is 27.0. The molecule has 10 heteroatoms. The SMILES string of the molecule is CC[C@@H](C)NC(=O)[C@@H](CC)N(Cc1cccc(OC)c1)C(=O)CN(c1ccc(Br)c(C)c1)S(C)(=O)=O. The Morgan fingerprint density at radius 1 is 1.11 bits per heavy atom. The standard InChI is InChI=1S/C26H36BrN3O5S/c1-7-19(4)28-26(32)24(8-2)29(16-20-10-9-11-22(15-20)35-5)25(31)17-30(36(6,33)34)21-12-13-23(27)18(3)14-21/h9-15,19,24H,7-8,16-17H2,1-6H3,(H,28,32)/t19-,24-/m1/s1. The van der Waals surface area contributed by atoms with Gasteiger partial charge in [0.25, 0.3) is 0 Å². The second kappa shape index (κ2) is 13.1. The highest BCUT2D eigenvalue weighted by Crippen LogP contribution is 2.25. The molecule has 36 heavy (non-hydrogen) atoms. The second-order valence-electron chi connectivity index (χ2n) is 8.82. The van der Waals surface area contributed by atoms with Gasteiger partial charge in [-0.3, -0.25) is 13.9 Å². The Balaban J connectivity index is 2.47. The topological polar surface area (TPSA) is 96.0 Å². The van der Waals surface area contributed by atoms with Crippen LogP contribution in [0.1, 0.15) is 44.7 Å². The molecule has 0 radical (unpaired) electrons. The van der Waals surface area contributed by atoms with Crippen LogP contribution in [0.4, 0.5) is 5.69 Å². The summed E-state index contributed by atoms with van der Waals surface area (Å²) in [5, 5.41) is 2.96. The number of ether oxygens (including phenoxy) is 1. The Morgan fingerprint density at radius 2 is 1.81 bits per heavy atom. The molecule has 0 saturated carbocycles. The van der Waals surface area contributed by atoms with Crippen molar-refractivity contribution < 1.29 is 22.7 Å². The Kier molecular flexibility index (Phi) is 10.8. The minimum absolute atomic E-state index is 0.0569. The fraction of sp³-hybridized carbons (Fsp3) is 0.462. The van der Waals surface area contributed by atoms with Crippen LogP contribution in [0.25, 0.3) is 0 Å². The average Bonchev–Trinajstić information content (AvgIpc) is 2.83. The number of halogens is 1. The van der Waals surface area contributed by atoms with Gasteiger partial charge in [-0.2, -0.15) is 0 Å². The first-order chi connectivity index (χ1) is 16.9. The zero-order valence-corrected chi connectivity index (χ0v) is 24.1. The Bertz CT molecular complexity index is 1170. The van der Waals surface area contributed by atoms with E-state index in [-0.39, 0.29) is 18.5 Å². The molecule has 2 aromatic carbocycles. The fourth-order valence-electron chi connectivity index (χ4n) is 3.73. The van der Waals surface area contributed by atoms with Crippen LogP contribution < -0.4 is 14.4 Å². The number of anilines is 1. The summed E-state index contributed by atoms with van der Waals surface area (Å²) in [7, 11) is -2.23. The molecule has 0 heterocycles. The molecule has 0 fully saturated rings. The van der Waals surface area contributed by atoms with Crippen molar-refractivity contribution in [3.63, 3.8) is 0 Å². The maximum atomic E-state index is 13.7. The largest absolute Gasteiger partial charge is 0.497 e. The molecule has 2 amide bonds. The maximum Gasteiger partial charge on any atom is 0.244 e. The summed E-state index contributed by atoms with van der Waals surface area (Å²) in [6.07, 6.45) is 2.18. The van der Waals surface area contributed by atoms with Crippen molar-refractivity contribution in [3.05, 3.63) is 58.1 Å². The van der Waals surface area contributed by atoms with Gasteiger partial charge in [-0.25, -0.2) is 8.42 Å². The lowest BCUT2D eigenvalue weighted by molar-refractivity contribution is -0.140. The first-order valence-electron chi connectivity index (χ1n) is 11.9. The van der Waals surface area contributed by atoms with Gasteiger partial charge in [-0.1, -0.05) is 41.9 Å². The highest BCUT2D eigenvalue weighted by Gasteiger charge is 2.32. The van der Waals surface area contributed by atoms with Crippen LogP contribution in [0.15, 0.2) is 46.9 Å². The van der Waals surface area contributed by atoms with Crippen LogP contribution in [0.3, 0.4) is 0 Å². The molecule has 0 aromatic heterocycles. The van der Waals surface area contributed by atoms with Crippen molar-refractivity contribution in [2.75, 3.05) is 24.2 Å². The third-order valence-electron chi connectivity index (χ3n) is 5.98. The lowest BCUT2D eigenvalue weighted by atomic mass is 10.1. The van der Waals surface area contributed by atoms with Gasteiger partial charge >= 0.3 is 0 Å². The van der Waals surface area contributed by atoms with E-state index in [1.54, 1.807) is 37.4 Å². The summed E-state index contributed by atoms with van der Waals surface area (Å²) in [5.74, 6) is -0.122. The van der Waals surface area contributed by atoms with E-state index in [0.29, 0.717) is 17.9 Å². The van der Waals surface area contributed by atoms with Gasteiger partial charge in [-0.15, -0.1) is 0 Å². The smallest absolute Gasteiger partial charge is 0.244 e. The van der Waals surface area contributed by atoms with Gasteiger partial charge < -0.3 is 15.0 Å². The summed E-state index contributed by atoms with van der Waals surface area (Å²) in [5.41, 5.74) is 1.98. The van der Waals surface area contributed by atoms with E-state index in [4.69, 9.17) is 4.74 Å². The van der Waals surface area contributed by atoms with E-state index in [1.165, 1.54) is 4.90 Å². The molecule has 2 atom stereocenters. The Hall–Kier alpha value is -2.59. The molecule has 2 rings (SSSR count). The van der Waals surface area contributed by atoms with E-state index >= 15 is 0 Å². The number of aryl methyl sites for hydroxylation is 1. The van der Waals surface area contributed by atoms with E-state index in [2.05, 4.69) is 21.2 Å². The first-order valence-corrected chi connectivity index (χ1v) is 14.5. The molecule has 0 bridgehead atoms. The minimum Gasteiger partial charge on any atom is -0.497 e. The minimum atomic E-state index is -3.79. The van der Waals surface area contributed by atoms with Crippen LogP contribution in [-0.2, 0) is 26.2 Å². The van der Waals surface area contributed by atoms with Crippen molar-refractivity contribution in [1.82, 2.24) is 10.2 Å². The number of hydrogen-bond acceptors (Lipinski definition) is 5. The molecule has 0 aliphatic rings. The van der Waals surface area contributed by atoms with E-state index in [0.717, 1.165) is 32.6 Å². The number of carbonyl (C=O) groups excluding carboxylic acids is 2. The molecule has 1 N–H and O–H groups in total. The summed E-state index contributed by atoms with van der Waals surface area (Å²) in [4.78, 5) is 28.4. The van der Waals surface area contributed by atoms with Crippen molar-refractivity contribution in [3.8, 4) is 5.75 Å². The van der Waals surface area contributed by atoms with Crippen LogP contribution >= 0.6 is 15.9 Å². The Morgan fingerprint density at radius 3 is 2.36 bits per heavy atom. The quantitative estimate of drug-likeness (QED) is 0.404. The van der Waals surface area contributed by atoms with E-state index < -0.39 is 28.5 Å². The third kappa shape index (κ3) is 7.96. The number of hydrogen-bond donors (Lipinski definition) is 1. The summed E-state index contributed by atoms with van der Waals surface area (Å²) in [6, 6.07) is 11.5. The van der Waals surface area contributed by atoms with Crippen molar-refractivity contribution in [1.29, 1.82) is 0 Å². The maximum absolute atomic E-state index is 13.7. The molecular formula is C26H36BrN3O5S. The number of carbonyl (C=O) groups is 2. The number of nitrogens with zero attached hydrogens (tertiary/aromatic N) is 2. The van der Waals surface area contributed by atoms with Crippen molar-refractivity contribution in [2.45, 2.75) is 59.2 Å². The lowest BCUT2D eigenvalue weighted by Crippen LogP contribution is -2.53. The molecule has 2 aromatic rings. The molecule has 0 aliphatic heterocycles. The fourth-order valence-corrected chi connectivity index (χ4v) is 4.81. The third-order valence-corrected chi connectivity index (χ3v) is 8.01. The van der Waals surface area contributed by atoms with Crippen LogP contribution in [0.2, 0.25) is 0 Å². The Labute approximate surface area is 223 Å². The summed E-state index contributed by atoms with van der Waals surface area (Å²) in [6.45, 7) is 7.24. The predicted octanol–water partition coefficient (Wildman–Crippen LogP) is 4.25. The highest BCUT2D eigenvalue weighted by molar-refractivity contribution is 9.10. The first kappa shape index (κ1) is 29.6. The van der Waals surface area contributed by atoms with Gasteiger partial charge in [0.15, 0.2) is 0 Å². The highest BCUT2D eigenvalue weighted by atomic mass is 79.9. The molecule has 0 saturated heterocycles. The number of methoxy groups -OCH3 is 1. The van der Waals surface area contributed by atoms with Gasteiger partial charge in [-0.05, 0) is 68.1 Å². The van der Waals surface area contributed by atoms with Crippen molar-refractivity contribution >= 4 is 43.5 Å². The normalized spacial score (nSPS) is 13.0. The molecule has 0 aliphatic carbocycles. The molecule has 0 spiro atoms. The average molecular weight is 583 g/mol. The van der Waals surface area contributed by atoms with E-state index in [1.807, 2.05) is 39.8 Å². The monoisotopic (exact) mass is 581 g/mol. The van der Waals surface area contributed by atoms with Gasteiger partial charge in [0.2, 0.25) is 21.8 Å². The second-order valence-corrected chi connectivity index (χ2v) is 11.6. The van der Waals surface area contributed by atoms with E-state index in [9.17, 15) is 18.0 Å². The number of sulfonamides is 1. The lowest BCUT2D eigenvalue weighted by Gasteiger charge is -2.33. The van der Waals surface area contributed by atoms with Gasteiger partial charge in [0.1, 0.15) is 18.3 Å². The van der Waals surface area contributed by atoms with Crippen molar-refractivity contribution in [2.24, 2.45) is 0 Å². The number of benzene rings is 2. The number of amides is 2. The number of nitrogens with one attached hydrogen (secondary N) is 1. The predicted molar refractivity (Wildman–Crippen MR) is 147 cm³/mol.